The first-order chi connectivity index (χ1) is 10.2. The maximum atomic E-state index is 12.2. The van der Waals surface area contributed by atoms with Gasteiger partial charge in [0.2, 0.25) is 0 Å². The van der Waals surface area contributed by atoms with Gasteiger partial charge in [0.25, 0.3) is 5.91 Å². The molecule has 0 spiro atoms. The number of nitrogens with zero attached hydrogens (tertiary/aromatic N) is 2. The van der Waals surface area contributed by atoms with Crippen molar-refractivity contribution in [1.29, 1.82) is 0 Å². The Morgan fingerprint density at radius 2 is 2.29 bits per heavy atom. The lowest BCUT2D eigenvalue weighted by Crippen LogP contribution is -2.26. The zero-order valence-electron chi connectivity index (χ0n) is 12.1. The summed E-state index contributed by atoms with van der Waals surface area (Å²) >= 11 is 0. The highest BCUT2D eigenvalue weighted by atomic mass is 16.5. The number of nitrogens with one attached hydrogen (secondary N) is 1. The van der Waals surface area contributed by atoms with Crippen LogP contribution in [-0.4, -0.2) is 28.8 Å². The molecule has 0 aliphatic carbocycles. The predicted octanol–water partition coefficient (Wildman–Crippen LogP) is 1.68. The summed E-state index contributed by atoms with van der Waals surface area (Å²) in [6.07, 6.45) is 4.42. The molecule has 0 fully saturated rings. The molecule has 6 nitrogen and oxygen atoms in total. The molecule has 0 radical (unpaired) electrons. The molecule has 1 heterocycles. The first-order valence-corrected chi connectivity index (χ1v) is 6.99. The summed E-state index contributed by atoms with van der Waals surface area (Å²) in [7, 11) is 0. The quantitative estimate of drug-likeness (QED) is 0.600. The molecule has 1 aromatic carbocycles. The molecule has 0 saturated heterocycles. The van der Waals surface area contributed by atoms with E-state index in [2.05, 4.69) is 10.4 Å². The fraction of sp³-hybridized carbons (Fsp3) is 0.333. The maximum absolute atomic E-state index is 12.2. The highest BCUT2D eigenvalue weighted by Gasteiger charge is 2.15. The van der Waals surface area contributed by atoms with Crippen molar-refractivity contribution in [3.05, 3.63) is 42.2 Å². The highest BCUT2D eigenvalue weighted by molar-refractivity contribution is 6.01. The third-order valence-corrected chi connectivity index (χ3v) is 2.99. The molecule has 2 rings (SSSR count). The van der Waals surface area contributed by atoms with E-state index in [1.54, 1.807) is 24.4 Å². The highest BCUT2D eigenvalue weighted by Crippen LogP contribution is 2.24. The van der Waals surface area contributed by atoms with E-state index in [0.29, 0.717) is 30.2 Å². The SMILES string of the molecule is CCOc1cccc(N)c1C(=O)NCCCn1cccn1. The Morgan fingerprint density at radius 1 is 1.43 bits per heavy atom. The average Bonchev–Trinajstić information content (AvgIpc) is 2.97. The Balaban J connectivity index is 1.90. The summed E-state index contributed by atoms with van der Waals surface area (Å²) in [5.74, 6) is 0.305. The second-order valence-electron chi connectivity index (χ2n) is 4.53. The zero-order valence-corrected chi connectivity index (χ0v) is 12.1. The fourth-order valence-corrected chi connectivity index (χ4v) is 2.03. The van der Waals surface area contributed by atoms with Crippen molar-refractivity contribution in [2.45, 2.75) is 19.9 Å². The van der Waals surface area contributed by atoms with E-state index in [9.17, 15) is 4.79 Å². The maximum Gasteiger partial charge on any atom is 0.257 e. The lowest BCUT2D eigenvalue weighted by molar-refractivity contribution is 0.0950. The van der Waals surface area contributed by atoms with Crippen LogP contribution in [0.2, 0.25) is 0 Å². The lowest BCUT2D eigenvalue weighted by Gasteiger charge is -2.12. The van der Waals surface area contributed by atoms with Crippen LogP contribution in [0.3, 0.4) is 0 Å². The summed E-state index contributed by atoms with van der Waals surface area (Å²) in [4.78, 5) is 12.2. The smallest absolute Gasteiger partial charge is 0.257 e. The number of aromatic nitrogens is 2. The molecule has 1 aromatic heterocycles. The van der Waals surface area contributed by atoms with Crippen LogP contribution in [-0.2, 0) is 6.54 Å². The zero-order chi connectivity index (χ0) is 15.1. The van der Waals surface area contributed by atoms with E-state index in [-0.39, 0.29) is 5.91 Å². The molecule has 6 heteroatoms. The standard InChI is InChI=1S/C15H20N4O2/c1-2-21-13-7-3-6-12(16)14(13)15(20)17-8-4-10-19-11-5-9-18-19/h3,5-7,9,11H,2,4,8,10,16H2,1H3,(H,17,20). The van der Waals surface area contributed by atoms with Crippen molar-refractivity contribution in [3.63, 3.8) is 0 Å². The van der Waals surface area contributed by atoms with Crippen LogP contribution >= 0.6 is 0 Å². The molecule has 0 bridgehead atoms. The third-order valence-electron chi connectivity index (χ3n) is 2.99. The number of rotatable bonds is 7. The first-order valence-electron chi connectivity index (χ1n) is 6.99. The molecule has 21 heavy (non-hydrogen) atoms. The number of carbonyl (C=O) groups is 1. The summed E-state index contributed by atoms with van der Waals surface area (Å²) in [6, 6.07) is 7.09. The topological polar surface area (TPSA) is 82.2 Å². The van der Waals surface area contributed by atoms with Crippen LogP contribution in [0.1, 0.15) is 23.7 Å². The van der Waals surface area contributed by atoms with Crippen LogP contribution in [0.25, 0.3) is 0 Å². The van der Waals surface area contributed by atoms with Gasteiger partial charge in [-0.3, -0.25) is 9.48 Å². The number of nitrogen functional groups attached to an aromatic ring is 1. The predicted molar refractivity (Wildman–Crippen MR) is 81.2 cm³/mol. The van der Waals surface area contributed by atoms with Gasteiger partial charge in [0.05, 0.1) is 6.61 Å². The van der Waals surface area contributed by atoms with Gasteiger partial charge in [-0.1, -0.05) is 6.07 Å². The van der Waals surface area contributed by atoms with Crippen LogP contribution in [0.4, 0.5) is 5.69 Å². The summed E-state index contributed by atoms with van der Waals surface area (Å²) in [5.41, 5.74) is 6.70. The molecule has 0 aliphatic rings. The third kappa shape index (κ3) is 3.98. The molecular formula is C15H20N4O2. The normalized spacial score (nSPS) is 10.3. The van der Waals surface area contributed by atoms with Crippen LogP contribution in [0.15, 0.2) is 36.7 Å². The lowest BCUT2D eigenvalue weighted by atomic mass is 10.1. The van der Waals surface area contributed by atoms with Gasteiger partial charge in [-0.2, -0.15) is 5.10 Å². The van der Waals surface area contributed by atoms with Crippen molar-refractivity contribution in [2.75, 3.05) is 18.9 Å². The van der Waals surface area contributed by atoms with Gasteiger partial charge in [0, 0.05) is 31.2 Å². The molecule has 0 unspecified atom stereocenters. The summed E-state index contributed by atoms with van der Waals surface area (Å²) < 4.78 is 7.28. The van der Waals surface area contributed by atoms with Gasteiger partial charge >= 0.3 is 0 Å². The molecular weight excluding hydrogens is 268 g/mol. The number of ether oxygens (including phenoxy) is 1. The van der Waals surface area contributed by atoms with Crippen LogP contribution < -0.4 is 15.8 Å². The number of carbonyl (C=O) groups excluding carboxylic acids is 1. The fourth-order valence-electron chi connectivity index (χ4n) is 2.03. The molecule has 3 N–H and O–H groups in total. The first kappa shape index (κ1) is 14.9. The number of amides is 1. The molecule has 0 aliphatic heterocycles. The minimum atomic E-state index is -0.211. The number of anilines is 1. The van der Waals surface area contributed by atoms with Crippen molar-refractivity contribution >= 4 is 11.6 Å². The van der Waals surface area contributed by atoms with Gasteiger partial charge in [-0.25, -0.2) is 0 Å². The van der Waals surface area contributed by atoms with Crippen molar-refractivity contribution in [2.24, 2.45) is 0 Å². The van der Waals surface area contributed by atoms with E-state index in [1.807, 2.05) is 23.9 Å². The van der Waals surface area contributed by atoms with Gasteiger partial charge < -0.3 is 15.8 Å². The van der Waals surface area contributed by atoms with Crippen LogP contribution in [0, 0.1) is 0 Å². The van der Waals surface area contributed by atoms with E-state index in [0.717, 1.165) is 13.0 Å². The second kappa shape index (κ2) is 7.33. The molecule has 1 amide bonds. The van der Waals surface area contributed by atoms with Gasteiger partial charge in [0.1, 0.15) is 11.3 Å². The number of aryl methyl sites for hydroxylation is 1. The van der Waals surface area contributed by atoms with Crippen molar-refractivity contribution in [1.82, 2.24) is 15.1 Å². The number of hydrogen-bond donors (Lipinski definition) is 2. The molecule has 0 atom stereocenters. The number of hydrogen-bond acceptors (Lipinski definition) is 4. The molecule has 0 saturated carbocycles. The van der Waals surface area contributed by atoms with E-state index in [1.165, 1.54) is 0 Å². The Labute approximate surface area is 123 Å². The Morgan fingerprint density at radius 3 is 3.00 bits per heavy atom. The Hall–Kier alpha value is -2.50. The molecule has 2 aromatic rings. The monoisotopic (exact) mass is 288 g/mol. The summed E-state index contributed by atoms with van der Waals surface area (Å²) in [5, 5.41) is 6.97. The Bertz CT molecular complexity index is 581. The average molecular weight is 288 g/mol. The van der Waals surface area contributed by atoms with Crippen LogP contribution in [0.5, 0.6) is 5.75 Å². The van der Waals surface area contributed by atoms with Gasteiger partial charge in [-0.15, -0.1) is 0 Å². The minimum Gasteiger partial charge on any atom is -0.493 e. The van der Waals surface area contributed by atoms with Crippen molar-refractivity contribution in [3.8, 4) is 5.75 Å². The number of benzene rings is 1. The summed E-state index contributed by atoms with van der Waals surface area (Å²) in [6.45, 7) is 3.67. The minimum absolute atomic E-state index is 0.211. The second-order valence-corrected chi connectivity index (χ2v) is 4.53. The van der Waals surface area contributed by atoms with Gasteiger partial charge in [0.15, 0.2) is 0 Å². The molecule has 112 valence electrons. The largest absolute Gasteiger partial charge is 0.493 e. The van der Waals surface area contributed by atoms with E-state index in [4.69, 9.17) is 10.5 Å². The Kier molecular flexibility index (Phi) is 5.20. The van der Waals surface area contributed by atoms with E-state index >= 15 is 0 Å². The van der Waals surface area contributed by atoms with Gasteiger partial charge in [-0.05, 0) is 31.5 Å². The van der Waals surface area contributed by atoms with E-state index < -0.39 is 0 Å². The number of nitrogens with two attached hydrogens (primary N) is 1. The van der Waals surface area contributed by atoms with Crippen molar-refractivity contribution < 1.29 is 9.53 Å².